The quantitative estimate of drug-likeness (QED) is 0.849. The number of piperazine rings is 1. The molecule has 1 fully saturated rings. The summed E-state index contributed by atoms with van der Waals surface area (Å²) in [6, 6.07) is 9.69. The monoisotopic (exact) mass is 279 g/mol. The van der Waals surface area contributed by atoms with Crippen LogP contribution in [0.5, 0.6) is 0 Å². The lowest BCUT2D eigenvalue weighted by Gasteiger charge is -2.42. The first-order chi connectivity index (χ1) is 9.63. The molecule has 3 nitrogen and oxygen atoms in total. The number of anilines is 1. The van der Waals surface area contributed by atoms with Gasteiger partial charge in [0.1, 0.15) is 0 Å². The van der Waals surface area contributed by atoms with Crippen molar-refractivity contribution in [3.05, 3.63) is 29.8 Å². The van der Waals surface area contributed by atoms with Crippen molar-refractivity contribution < 1.29 is 8.78 Å². The summed E-state index contributed by atoms with van der Waals surface area (Å²) in [5.41, 5.74) is 1.69. The standard InChI is InChI=1S/C15H19F2N3/c1-2-13-10-19(7-8-20(13)11-15(16)17)14-5-3-12(9-18)4-6-14/h3-6,13,15H,2,7-8,10-11H2,1H3. The molecule has 0 saturated carbocycles. The number of benzene rings is 1. The predicted octanol–water partition coefficient (Wildman–Crippen LogP) is 2.72. The first-order valence-electron chi connectivity index (χ1n) is 6.91. The zero-order chi connectivity index (χ0) is 14.5. The minimum absolute atomic E-state index is 0.139. The highest BCUT2D eigenvalue weighted by Crippen LogP contribution is 2.21. The molecule has 1 aliphatic rings. The van der Waals surface area contributed by atoms with Gasteiger partial charge in [0.25, 0.3) is 6.43 Å². The highest BCUT2D eigenvalue weighted by molar-refractivity contribution is 5.50. The average Bonchev–Trinajstić information content (AvgIpc) is 2.47. The van der Waals surface area contributed by atoms with Crippen molar-refractivity contribution in [3.8, 4) is 6.07 Å². The third-order valence-corrected chi connectivity index (χ3v) is 3.81. The van der Waals surface area contributed by atoms with Crippen LogP contribution in [0, 0.1) is 11.3 Å². The molecule has 108 valence electrons. The van der Waals surface area contributed by atoms with E-state index < -0.39 is 6.43 Å². The summed E-state index contributed by atoms with van der Waals surface area (Å²) in [6.07, 6.45) is -1.41. The predicted molar refractivity (Wildman–Crippen MR) is 75.0 cm³/mol. The van der Waals surface area contributed by atoms with Gasteiger partial charge in [-0.1, -0.05) is 6.92 Å². The molecule has 1 atom stereocenters. The second kappa shape index (κ2) is 6.67. The molecule has 0 amide bonds. The average molecular weight is 279 g/mol. The van der Waals surface area contributed by atoms with E-state index in [0.717, 1.165) is 25.2 Å². The van der Waals surface area contributed by atoms with E-state index in [2.05, 4.69) is 11.0 Å². The van der Waals surface area contributed by atoms with Crippen LogP contribution in [0.2, 0.25) is 0 Å². The Labute approximate surface area is 118 Å². The molecule has 0 spiro atoms. The largest absolute Gasteiger partial charge is 0.369 e. The summed E-state index contributed by atoms with van der Waals surface area (Å²) < 4.78 is 25.1. The van der Waals surface area contributed by atoms with E-state index in [1.165, 1.54) is 0 Å². The lowest BCUT2D eigenvalue weighted by Crippen LogP contribution is -2.54. The highest BCUT2D eigenvalue weighted by atomic mass is 19.3. The lowest BCUT2D eigenvalue weighted by atomic mass is 10.1. The van der Waals surface area contributed by atoms with E-state index in [4.69, 9.17) is 5.26 Å². The van der Waals surface area contributed by atoms with Crippen LogP contribution in [-0.2, 0) is 0 Å². The molecule has 20 heavy (non-hydrogen) atoms. The molecule has 0 aliphatic carbocycles. The van der Waals surface area contributed by atoms with Gasteiger partial charge >= 0.3 is 0 Å². The Balaban J connectivity index is 2.03. The summed E-state index contributed by atoms with van der Waals surface area (Å²) in [6.45, 7) is 4.05. The molecular formula is C15H19F2N3. The third-order valence-electron chi connectivity index (χ3n) is 3.81. The number of nitriles is 1. The van der Waals surface area contributed by atoms with Gasteiger partial charge < -0.3 is 4.90 Å². The van der Waals surface area contributed by atoms with E-state index in [1.807, 2.05) is 24.0 Å². The molecule has 0 bridgehead atoms. The zero-order valence-corrected chi connectivity index (χ0v) is 11.6. The SMILES string of the molecule is CCC1CN(c2ccc(C#N)cc2)CCN1CC(F)F. The Morgan fingerprint density at radius 1 is 1.30 bits per heavy atom. The van der Waals surface area contributed by atoms with E-state index in [0.29, 0.717) is 12.1 Å². The van der Waals surface area contributed by atoms with Crippen LogP contribution in [0.25, 0.3) is 0 Å². The van der Waals surface area contributed by atoms with Gasteiger partial charge in [-0.3, -0.25) is 4.90 Å². The third kappa shape index (κ3) is 3.45. The van der Waals surface area contributed by atoms with Crippen LogP contribution < -0.4 is 4.90 Å². The van der Waals surface area contributed by atoms with Crippen LogP contribution in [-0.4, -0.2) is 43.5 Å². The maximum atomic E-state index is 12.5. The molecule has 5 heteroatoms. The molecule has 1 unspecified atom stereocenters. The van der Waals surface area contributed by atoms with Crippen LogP contribution >= 0.6 is 0 Å². The fraction of sp³-hybridized carbons (Fsp3) is 0.533. The minimum Gasteiger partial charge on any atom is -0.369 e. The highest BCUT2D eigenvalue weighted by Gasteiger charge is 2.27. The summed E-state index contributed by atoms with van der Waals surface area (Å²) in [7, 11) is 0. The Hall–Kier alpha value is -1.67. The normalized spacial score (nSPS) is 20.1. The van der Waals surface area contributed by atoms with Crippen LogP contribution in [0.1, 0.15) is 18.9 Å². The molecule has 1 aliphatic heterocycles. The summed E-state index contributed by atoms with van der Waals surface area (Å²) >= 11 is 0. The van der Waals surface area contributed by atoms with Gasteiger partial charge in [0.2, 0.25) is 0 Å². The first kappa shape index (κ1) is 14.7. The van der Waals surface area contributed by atoms with E-state index in [-0.39, 0.29) is 12.6 Å². The van der Waals surface area contributed by atoms with E-state index in [9.17, 15) is 8.78 Å². The van der Waals surface area contributed by atoms with Gasteiger partial charge in [0, 0.05) is 31.4 Å². The van der Waals surface area contributed by atoms with Gasteiger partial charge in [-0.15, -0.1) is 0 Å². The van der Waals surface area contributed by atoms with Crippen molar-refractivity contribution in [2.24, 2.45) is 0 Å². The van der Waals surface area contributed by atoms with E-state index in [1.54, 1.807) is 12.1 Å². The maximum Gasteiger partial charge on any atom is 0.251 e. The maximum absolute atomic E-state index is 12.5. The smallest absolute Gasteiger partial charge is 0.251 e. The van der Waals surface area contributed by atoms with Crippen LogP contribution in [0.3, 0.4) is 0 Å². The fourth-order valence-electron chi connectivity index (χ4n) is 2.68. The van der Waals surface area contributed by atoms with Gasteiger partial charge in [-0.25, -0.2) is 8.78 Å². The Bertz CT molecular complexity index is 467. The van der Waals surface area contributed by atoms with Crippen molar-refractivity contribution in [1.29, 1.82) is 5.26 Å². The molecular weight excluding hydrogens is 260 g/mol. The van der Waals surface area contributed by atoms with Crippen LogP contribution in [0.4, 0.5) is 14.5 Å². The van der Waals surface area contributed by atoms with Gasteiger partial charge in [-0.05, 0) is 30.7 Å². The lowest BCUT2D eigenvalue weighted by molar-refractivity contribution is 0.0588. The second-order valence-electron chi connectivity index (χ2n) is 5.05. The number of hydrogen-bond acceptors (Lipinski definition) is 3. The molecule has 0 N–H and O–H groups in total. The Kier molecular flexibility index (Phi) is 4.91. The van der Waals surface area contributed by atoms with Crippen LogP contribution in [0.15, 0.2) is 24.3 Å². The number of halogens is 2. The number of alkyl halides is 2. The molecule has 1 aromatic carbocycles. The topological polar surface area (TPSA) is 30.3 Å². The zero-order valence-electron chi connectivity index (χ0n) is 11.6. The number of nitrogens with zero attached hydrogens (tertiary/aromatic N) is 3. The summed E-state index contributed by atoms with van der Waals surface area (Å²) in [4.78, 5) is 4.09. The van der Waals surface area contributed by atoms with Gasteiger partial charge in [0.15, 0.2) is 0 Å². The number of rotatable bonds is 4. The van der Waals surface area contributed by atoms with Crippen molar-refractivity contribution in [2.45, 2.75) is 25.8 Å². The fourth-order valence-corrected chi connectivity index (χ4v) is 2.68. The Morgan fingerprint density at radius 3 is 2.55 bits per heavy atom. The molecule has 2 rings (SSSR count). The van der Waals surface area contributed by atoms with E-state index >= 15 is 0 Å². The molecule has 1 aromatic rings. The van der Waals surface area contributed by atoms with Crippen molar-refractivity contribution >= 4 is 5.69 Å². The molecule has 0 radical (unpaired) electrons. The van der Waals surface area contributed by atoms with Gasteiger partial charge in [-0.2, -0.15) is 5.26 Å². The second-order valence-corrected chi connectivity index (χ2v) is 5.05. The van der Waals surface area contributed by atoms with Crippen molar-refractivity contribution in [2.75, 3.05) is 31.1 Å². The van der Waals surface area contributed by atoms with Crippen molar-refractivity contribution in [3.63, 3.8) is 0 Å². The molecule has 1 saturated heterocycles. The van der Waals surface area contributed by atoms with Gasteiger partial charge in [0.05, 0.1) is 18.2 Å². The van der Waals surface area contributed by atoms with Crippen molar-refractivity contribution in [1.82, 2.24) is 4.90 Å². The molecule has 0 aromatic heterocycles. The summed E-state index contributed by atoms with van der Waals surface area (Å²) in [5.74, 6) is 0. The Morgan fingerprint density at radius 2 is 2.00 bits per heavy atom. The first-order valence-corrected chi connectivity index (χ1v) is 6.91. The molecule has 1 heterocycles. The summed E-state index contributed by atoms with van der Waals surface area (Å²) in [5, 5.41) is 8.80. The minimum atomic E-state index is -2.27. The number of hydrogen-bond donors (Lipinski definition) is 0.